The fraction of sp³-hybridized carbons (Fsp3) is 0.238. The molecule has 0 radical (unpaired) electrons. The Balaban J connectivity index is 1.42. The van der Waals surface area contributed by atoms with Gasteiger partial charge in [-0.2, -0.15) is 4.98 Å². The van der Waals surface area contributed by atoms with Crippen LogP contribution in [0.5, 0.6) is 0 Å². The van der Waals surface area contributed by atoms with E-state index in [2.05, 4.69) is 52.5 Å². The van der Waals surface area contributed by atoms with E-state index in [4.69, 9.17) is 9.26 Å². The van der Waals surface area contributed by atoms with E-state index in [0.717, 1.165) is 11.3 Å². The number of ether oxygens (including phenoxy) is 1. The van der Waals surface area contributed by atoms with Crippen LogP contribution >= 0.6 is 0 Å². The molecule has 1 atom stereocenters. The summed E-state index contributed by atoms with van der Waals surface area (Å²) in [4.78, 5) is 4.39. The Morgan fingerprint density at radius 1 is 1.10 bits per heavy atom. The van der Waals surface area contributed by atoms with Crippen LogP contribution in [0.4, 0.5) is 4.39 Å². The van der Waals surface area contributed by atoms with E-state index in [9.17, 15) is 4.39 Å². The van der Waals surface area contributed by atoms with E-state index in [-0.39, 0.29) is 17.8 Å². The Morgan fingerprint density at radius 3 is 2.72 bits per heavy atom. The lowest BCUT2D eigenvalue weighted by atomic mass is 10.0. The number of fused-ring (bicyclic) bond motifs is 1. The van der Waals surface area contributed by atoms with Gasteiger partial charge in [-0.25, -0.2) is 9.07 Å². The fourth-order valence-electron chi connectivity index (χ4n) is 3.59. The zero-order valence-electron chi connectivity index (χ0n) is 16.0. The molecular formula is C21H18FN5O2. The molecule has 0 saturated heterocycles. The van der Waals surface area contributed by atoms with Crippen LogP contribution in [-0.2, 0) is 17.9 Å². The van der Waals surface area contributed by atoms with Crippen LogP contribution in [0.25, 0.3) is 23.0 Å². The Morgan fingerprint density at radius 2 is 1.93 bits per heavy atom. The van der Waals surface area contributed by atoms with E-state index in [1.54, 1.807) is 12.1 Å². The smallest absolute Gasteiger partial charge is 0.280 e. The molecule has 29 heavy (non-hydrogen) atoms. The van der Waals surface area contributed by atoms with E-state index in [0.29, 0.717) is 30.2 Å². The number of halogens is 1. The molecule has 0 spiro atoms. The van der Waals surface area contributed by atoms with Gasteiger partial charge < -0.3 is 9.26 Å². The van der Waals surface area contributed by atoms with Crippen LogP contribution in [0.3, 0.4) is 0 Å². The lowest BCUT2D eigenvalue weighted by Gasteiger charge is -2.25. The summed E-state index contributed by atoms with van der Waals surface area (Å²) in [6.45, 7) is 5.06. The summed E-state index contributed by atoms with van der Waals surface area (Å²) in [5.41, 5.74) is 5.52. The van der Waals surface area contributed by atoms with Gasteiger partial charge in [-0.1, -0.05) is 34.1 Å². The molecule has 0 N–H and O–H groups in total. The largest absolute Gasteiger partial charge is 0.365 e. The molecule has 1 aliphatic heterocycles. The third-order valence-electron chi connectivity index (χ3n) is 5.10. The van der Waals surface area contributed by atoms with Crippen LogP contribution in [0.1, 0.15) is 28.5 Å². The van der Waals surface area contributed by atoms with Gasteiger partial charge in [-0.3, -0.25) is 0 Å². The number of nitrogens with zero attached hydrogens (tertiary/aromatic N) is 5. The van der Waals surface area contributed by atoms with Crippen LogP contribution in [0.2, 0.25) is 0 Å². The highest BCUT2D eigenvalue weighted by Crippen LogP contribution is 2.32. The van der Waals surface area contributed by atoms with Crippen LogP contribution in [0.15, 0.2) is 47.0 Å². The van der Waals surface area contributed by atoms with Crippen molar-refractivity contribution in [1.29, 1.82) is 0 Å². The fourth-order valence-corrected chi connectivity index (χ4v) is 3.59. The number of benzene rings is 2. The molecule has 1 aliphatic rings. The highest BCUT2D eigenvalue weighted by Gasteiger charge is 2.28. The number of rotatable bonds is 3. The lowest BCUT2D eigenvalue weighted by Crippen LogP contribution is -2.22. The second-order valence-electron chi connectivity index (χ2n) is 7.16. The summed E-state index contributed by atoms with van der Waals surface area (Å²) in [6.07, 6.45) is -0.0879. The van der Waals surface area contributed by atoms with Crippen molar-refractivity contribution in [3.8, 4) is 23.0 Å². The molecule has 7 nitrogen and oxygen atoms in total. The number of aromatic nitrogens is 5. The maximum atomic E-state index is 13.1. The van der Waals surface area contributed by atoms with E-state index >= 15 is 0 Å². The molecule has 3 heterocycles. The summed E-state index contributed by atoms with van der Waals surface area (Å²) in [5.74, 6) is 0.311. The molecule has 0 fully saturated rings. The molecule has 5 rings (SSSR count). The lowest BCUT2D eigenvalue weighted by molar-refractivity contribution is -0.00153. The van der Waals surface area contributed by atoms with Gasteiger partial charge in [-0.05, 0) is 49.2 Å². The maximum Gasteiger partial charge on any atom is 0.280 e. The van der Waals surface area contributed by atoms with Crippen molar-refractivity contribution in [2.45, 2.75) is 33.1 Å². The van der Waals surface area contributed by atoms with E-state index in [1.165, 1.54) is 23.3 Å². The van der Waals surface area contributed by atoms with Crippen molar-refractivity contribution >= 4 is 0 Å². The molecule has 0 saturated carbocycles. The minimum Gasteiger partial charge on any atom is -0.365 e. The molecule has 0 aliphatic carbocycles. The van der Waals surface area contributed by atoms with Crippen molar-refractivity contribution in [3.05, 3.63) is 70.7 Å². The van der Waals surface area contributed by atoms with Crippen molar-refractivity contribution < 1.29 is 13.7 Å². The Hall–Kier alpha value is -3.39. The van der Waals surface area contributed by atoms with Crippen LogP contribution in [-0.4, -0.2) is 25.1 Å². The number of aryl methyl sites for hydroxylation is 2. The predicted octanol–water partition coefficient (Wildman–Crippen LogP) is 4.02. The normalized spacial score (nSPS) is 16.0. The maximum absolute atomic E-state index is 13.1. The summed E-state index contributed by atoms with van der Waals surface area (Å²) in [7, 11) is 0. The second kappa shape index (κ2) is 6.89. The topological polar surface area (TPSA) is 78.9 Å². The molecule has 2 aromatic heterocycles. The average Bonchev–Trinajstić information content (AvgIpc) is 3.35. The van der Waals surface area contributed by atoms with Crippen molar-refractivity contribution in [3.63, 3.8) is 0 Å². The first kappa shape index (κ1) is 17.7. The first-order valence-corrected chi connectivity index (χ1v) is 9.29. The van der Waals surface area contributed by atoms with Gasteiger partial charge in [0, 0.05) is 5.56 Å². The predicted molar refractivity (Wildman–Crippen MR) is 102 cm³/mol. The molecule has 0 bridgehead atoms. The first-order chi connectivity index (χ1) is 14.1. The molecule has 8 heteroatoms. The van der Waals surface area contributed by atoms with Gasteiger partial charge in [0.2, 0.25) is 5.82 Å². The van der Waals surface area contributed by atoms with Gasteiger partial charge in [0.1, 0.15) is 11.9 Å². The summed E-state index contributed by atoms with van der Waals surface area (Å²) in [5, 5.41) is 12.5. The zero-order chi connectivity index (χ0) is 20.0. The second-order valence-corrected chi connectivity index (χ2v) is 7.16. The third-order valence-corrected chi connectivity index (χ3v) is 5.10. The van der Waals surface area contributed by atoms with Gasteiger partial charge in [0.05, 0.1) is 18.8 Å². The van der Waals surface area contributed by atoms with Gasteiger partial charge in [0.25, 0.3) is 5.89 Å². The van der Waals surface area contributed by atoms with Crippen LogP contribution in [0, 0.1) is 19.7 Å². The van der Waals surface area contributed by atoms with Crippen molar-refractivity contribution in [2.75, 3.05) is 0 Å². The summed E-state index contributed by atoms with van der Waals surface area (Å²) < 4.78 is 26.4. The monoisotopic (exact) mass is 391 g/mol. The minimum absolute atomic E-state index is 0.0879. The molecular weight excluding hydrogens is 373 g/mol. The SMILES string of the molecule is Cc1ccc(C2Cn3nnc(-c4nc(-c5ccc(F)cc5)no4)c3CO2)c(C)c1. The molecule has 146 valence electrons. The highest BCUT2D eigenvalue weighted by molar-refractivity contribution is 5.58. The Bertz CT molecular complexity index is 1180. The Labute approximate surface area is 166 Å². The highest BCUT2D eigenvalue weighted by atomic mass is 19.1. The third kappa shape index (κ3) is 3.21. The molecule has 2 aromatic carbocycles. The molecule has 1 unspecified atom stereocenters. The van der Waals surface area contributed by atoms with Gasteiger partial charge in [-0.15, -0.1) is 5.10 Å². The molecule has 0 amide bonds. The summed E-state index contributed by atoms with van der Waals surface area (Å²) >= 11 is 0. The van der Waals surface area contributed by atoms with Crippen LogP contribution < -0.4 is 0 Å². The quantitative estimate of drug-likeness (QED) is 0.525. The standard InChI is InChI=1S/C21H18FN5O2/c1-12-3-8-16(13(2)9-12)18-10-27-17(11-28-18)19(24-26-27)21-23-20(25-29-21)14-4-6-15(22)7-5-14/h3-9,18H,10-11H2,1-2H3. The van der Waals surface area contributed by atoms with Gasteiger partial charge >= 0.3 is 0 Å². The number of hydrogen-bond acceptors (Lipinski definition) is 6. The molecule has 4 aromatic rings. The van der Waals surface area contributed by atoms with Gasteiger partial charge in [0.15, 0.2) is 5.69 Å². The average molecular weight is 391 g/mol. The first-order valence-electron chi connectivity index (χ1n) is 9.29. The van der Waals surface area contributed by atoms with E-state index in [1.807, 2.05) is 4.68 Å². The van der Waals surface area contributed by atoms with Crippen molar-refractivity contribution in [1.82, 2.24) is 25.1 Å². The zero-order valence-corrected chi connectivity index (χ0v) is 16.0. The van der Waals surface area contributed by atoms with E-state index < -0.39 is 0 Å². The summed E-state index contributed by atoms with van der Waals surface area (Å²) in [6, 6.07) is 12.2. The minimum atomic E-state index is -0.319. The van der Waals surface area contributed by atoms with Crippen molar-refractivity contribution in [2.24, 2.45) is 0 Å². The number of hydrogen-bond donors (Lipinski definition) is 0. The Kier molecular flexibility index (Phi) is 4.21.